The molecule has 3 aromatic carbocycles. The van der Waals surface area contributed by atoms with Gasteiger partial charge in [0.05, 0.1) is 0 Å². The number of nitrogens with zero attached hydrogens (tertiary/aromatic N) is 3. The largest absolute Gasteiger partial charge is 0.302 e. The summed E-state index contributed by atoms with van der Waals surface area (Å²) in [7, 11) is 0. The summed E-state index contributed by atoms with van der Waals surface area (Å²) in [6.07, 6.45) is 4.27. The fraction of sp³-hybridized carbons (Fsp3) is 0.600. The molecule has 48 heavy (non-hydrogen) atoms. The lowest BCUT2D eigenvalue weighted by atomic mass is 9.95. The SMILES string of the molecule is CC.CC.CC.CCN1C[C@@H]2CC2(c2ccccc2)C1.CCN1C[C@H]2CC2(c2ccccc2)C1.CCN1C[C@H]2CC2(c2ccccc2)C1. The zero-order chi connectivity index (χ0) is 34.8. The molecule has 3 unspecified atom stereocenters. The molecule has 6 fully saturated rings. The number of piperidine rings is 3. The highest BCUT2D eigenvalue weighted by Crippen LogP contribution is 2.60. The molecule has 264 valence electrons. The van der Waals surface area contributed by atoms with Crippen molar-refractivity contribution >= 4 is 0 Å². The Morgan fingerprint density at radius 2 is 0.646 bits per heavy atom. The van der Waals surface area contributed by atoms with Crippen molar-refractivity contribution < 1.29 is 0 Å². The highest BCUT2D eigenvalue weighted by molar-refractivity contribution is 5.38. The van der Waals surface area contributed by atoms with E-state index in [1.807, 2.05) is 41.5 Å². The van der Waals surface area contributed by atoms with E-state index in [1.54, 1.807) is 16.7 Å². The van der Waals surface area contributed by atoms with Crippen LogP contribution in [0.25, 0.3) is 0 Å². The van der Waals surface area contributed by atoms with Crippen LogP contribution in [-0.4, -0.2) is 73.6 Å². The van der Waals surface area contributed by atoms with Gasteiger partial charge in [-0.15, -0.1) is 0 Å². The first-order valence-electron chi connectivity index (χ1n) is 19.9. The standard InChI is InChI=1S/3C13H17N.3C2H6/c3*1-2-14-9-12-8-13(12,10-14)11-6-4-3-5-7-11;3*1-2/h3*3-7,12H,2,8-10H2,1H3;3*1-2H3/t3*12-,13?;;;/m110.../s1. The Bertz CT molecular complexity index is 1160. The highest BCUT2D eigenvalue weighted by atomic mass is 15.2. The van der Waals surface area contributed by atoms with E-state index in [0.717, 1.165) is 17.8 Å². The van der Waals surface area contributed by atoms with Gasteiger partial charge in [-0.05, 0) is 73.3 Å². The third-order valence-corrected chi connectivity index (χ3v) is 12.0. The second kappa shape index (κ2) is 17.5. The van der Waals surface area contributed by atoms with Crippen molar-refractivity contribution in [3.63, 3.8) is 0 Å². The van der Waals surface area contributed by atoms with E-state index in [9.17, 15) is 0 Å². The van der Waals surface area contributed by atoms with Crippen LogP contribution in [-0.2, 0) is 16.2 Å². The van der Waals surface area contributed by atoms with E-state index in [2.05, 4.69) is 126 Å². The summed E-state index contributed by atoms with van der Waals surface area (Å²) in [5.74, 6) is 2.85. The van der Waals surface area contributed by atoms with E-state index >= 15 is 0 Å². The lowest BCUT2D eigenvalue weighted by Crippen LogP contribution is -2.26. The van der Waals surface area contributed by atoms with Crippen LogP contribution < -0.4 is 0 Å². The minimum Gasteiger partial charge on any atom is -0.302 e. The smallest absolute Gasteiger partial charge is 0.0124 e. The van der Waals surface area contributed by atoms with E-state index in [-0.39, 0.29) is 0 Å². The van der Waals surface area contributed by atoms with E-state index in [1.165, 1.54) is 78.2 Å². The molecule has 3 aromatic rings. The fourth-order valence-electron chi connectivity index (χ4n) is 9.13. The Morgan fingerprint density at radius 3 is 0.833 bits per heavy atom. The van der Waals surface area contributed by atoms with Gasteiger partial charge in [0.15, 0.2) is 0 Å². The first kappa shape index (κ1) is 38.3. The monoisotopic (exact) mass is 652 g/mol. The van der Waals surface area contributed by atoms with Gasteiger partial charge in [0.25, 0.3) is 0 Å². The molecule has 0 radical (unpaired) electrons. The molecule has 6 aliphatic rings. The third-order valence-electron chi connectivity index (χ3n) is 12.0. The maximum absolute atomic E-state index is 2.58. The van der Waals surface area contributed by atoms with E-state index < -0.39 is 0 Å². The van der Waals surface area contributed by atoms with Gasteiger partial charge in [0.2, 0.25) is 0 Å². The Balaban J connectivity index is 0.000000151. The molecule has 6 atom stereocenters. The fourth-order valence-corrected chi connectivity index (χ4v) is 9.13. The van der Waals surface area contributed by atoms with Crippen LogP contribution in [0.4, 0.5) is 0 Å². The van der Waals surface area contributed by atoms with E-state index in [4.69, 9.17) is 0 Å². The van der Waals surface area contributed by atoms with Gasteiger partial charge in [-0.2, -0.15) is 0 Å². The predicted octanol–water partition coefficient (Wildman–Crippen LogP) is 9.92. The molecule has 9 rings (SSSR count). The number of hydrogen-bond donors (Lipinski definition) is 0. The summed E-state index contributed by atoms with van der Waals surface area (Å²) in [4.78, 5) is 7.75. The van der Waals surface area contributed by atoms with Crippen molar-refractivity contribution in [1.29, 1.82) is 0 Å². The van der Waals surface area contributed by atoms with Crippen molar-refractivity contribution in [2.24, 2.45) is 17.8 Å². The van der Waals surface area contributed by atoms with Crippen LogP contribution in [0.1, 0.15) is 98.3 Å². The number of benzene rings is 3. The number of likely N-dealkylation sites (tertiary alicyclic amines) is 3. The highest BCUT2D eigenvalue weighted by Gasteiger charge is 2.61. The van der Waals surface area contributed by atoms with Crippen molar-refractivity contribution in [3.05, 3.63) is 108 Å². The van der Waals surface area contributed by atoms with Crippen LogP contribution in [0.2, 0.25) is 0 Å². The third kappa shape index (κ3) is 7.95. The first-order chi connectivity index (χ1) is 23.5. The lowest BCUT2D eigenvalue weighted by molar-refractivity contribution is 0.314. The van der Waals surface area contributed by atoms with Gasteiger partial charge in [0.1, 0.15) is 0 Å². The molecule has 0 amide bonds. The Morgan fingerprint density at radius 1 is 0.417 bits per heavy atom. The summed E-state index contributed by atoms with van der Waals surface area (Å²) >= 11 is 0. The average Bonchev–Trinajstić information content (AvgIpc) is 4.11. The second-order valence-corrected chi connectivity index (χ2v) is 14.3. The number of hydrogen-bond acceptors (Lipinski definition) is 3. The molecule has 3 aliphatic heterocycles. The zero-order valence-corrected chi connectivity index (χ0v) is 32.2. The molecule has 3 nitrogen and oxygen atoms in total. The van der Waals surface area contributed by atoms with Crippen LogP contribution in [0.5, 0.6) is 0 Å². The number of fused-ring (bicyclic) bond motifs is 3. The van der Waals surface area contributed by atoms with Crippen molar-refractivity contribution in [3.8, 4) is 0 Å². The second-order valence-electron chi connectivity index (χ2n) is 14.3. The van der Waals surface area contributed by atoms with Crippen molar-refractivity contribution in [1.82, 2.24) is 14.7 Å². The van der Waals surface area contributed by atoms with Crippen molar-refractivity contribution in [2.45, 2.75) is 97.8 Å². The summed E-state index contributed by atoms with van der Waals surface area (Å²) in [5.41, 5.74) is 6.37. The number of rotatable bonds is 6. The molecule has 0 spiro atoms. The summed E-state index contributed by atoms with van der Waals surface area (Å²) in [5, 5.41) is 0. The lowest BCUT2D eigenvalue weighted by Gasteiger charge is -2.18. The maximum Gasteiger partial charge on any atom is 0.0124 e. The molecular formula is C45H69N3. The molecule has 0 bridgehead atoms. The molecule has 0 aromatic heterocycles. The molecule has 3 saturated carbocycles. The summed E-state index contributed by atoms with van der Waals surface area (Å²) < 4.78 is 0. The minimum absolute atomic E-state index is 0.553. The maximum atomic E-state index is 2.58. The topological polar surface area (TPSA) is 9.72 Å². The van der Waals surface area contributed by atoms with Gasteiger partial charge in [-0.1, -0.05) is 153 Å². The van der Waals surface area contributed by atoms with Gasteiger partial charge < -0.3 is 14.7 Å². The molecular weight excluding hydrogens is 583 g/mol. The average molecular weight is 652 g/mol. The van der Waals surface area contributed by atoms with Crippen LogP contribution in [0.3, 0.4) is 0 Å². The first-order valence-corrected chi connectivity index (χ1v) is 19.9. The van der Waals surface area contributed by atoms with Gasteiger partial charge in [-0.3, -0.25) is 0 Å². The predicted molar refractivity (Wildman–Crippen MR) is 209 cm³/mol. The Labute approximate surface area is 296 Å². The van der Waals surface area contributed by atoms with Gasteiger partial charge >= 0.3 is 0 Å². The van der Waals surface area contributed by atoms with Crippen LogP contribution in [0.15, 0.2) is 91.0 Å². The number of likely N-dealkylation sites (N-methyl/N-ethyl adjacent to an activating group) is 3. The molecule has 3 aliphatic carbocycles. The molecule has 3 saturated heterocycles. The quantitative estimate of drug-likeness (QED) is 0.263. The molecule has 3 heteroatoms. The van der Waals surface area contributed by atoms with Gasteiger partial charge in [-0.25, -0.2) is 0 Å². The van der Waals surface area contributed by atoms with Gasteiger partial charge in [0, 0.05) is 55.5 Å². The normalized spacial score (nSPS) is 31.6. The Kier molecular flexibility index (Phi) is 13.9. The Hall–Kier alpha value is -2.46. The van der Waals surface area contributed by atoms with Crippen molar-refractivity contribution in [2.75, 3.05) is 58.9 Å². The summed E-state index contributed by atoms with van der Waals surface area (Å²) in [6.45, 7) is 30.3. The van der Waals surface area contributed by atoms with E-state index in [0.29, 0.717) is 16.2 Å². The molecule has 0 N–H and O–H groups in total. The minimum atomic E-state index is 0.553. The molecule has 3 heterocycles. The van der Waals surface area contributed by atoms with Crippen LogP contribution >= 0.6 is 0 Å². The van der Waals surface area contributed by atoms with Crippen LogP contribution in [0, 0.1) is 17.8 Å². The zero-order valence-electron chi connectivity index (χ0n) is 32.2. The summed E-state index contributed by atoms with van der Waals surface area (Å²) in [6, 6.07) is 33.2.